The molecule has 1 aromatic carbocycles. The maximum Gasteiger partial charge on any atom is 0.330 e. The summed E-state index contributed by atoms with van der Waals surface area (Å²) in [5.41, 5.74) is 0.975. The molecule has 2 amide bonds. The second-order valence-electron chi connectivity index (χ2n) is 5.80. The first-order chi connectivity index (χ1) is 13.2. The zero-order valence-corrected chi connectivity index (χ0v) is 18.4. The fourth-order valence-corrected chi connectivity index (χ4v) is 3.77. The van der Waals surface area contributed by atoms with Crippen molar-refractivity contribution in [2.24, 2.45) is 9.98 Å². The van der Waals surface area contributed by atoms with E-state index in [0.29, 0.717) is 22.9 Å². The van der Waals surface area contributed by atoms with Crippen LogP contribution in [-0.4, -0.2) is 61.1 Å². The van der Waals surface area contributed by atoms with Crippen LogP contribution in [-0.2, 0) is 10.8 Å². The highest BCUT2D eigenvalue weighted by Crippen LogP contribution is 2.47. The van der Waals surface area contributed by atoms with Gasteiger partial charge in [-0.15, -0.1) is 0 Å². The molecule has 28 heavy (non-hydrogen) atoms. The van der Waals surface area contributed by atoms with E-state index < -0.39 is 16.8 Å². The summed E-state index contributed by atoms with van der Waals surface area (Å²) in [6.45, 7) is 5.30. The lowest BCUT2D eigenvalue weighted by Crippen LogP contribution is -2.46. The van der Waals surface area contributed by atoms with Crippen LogP contribution in [0.3, 0.4) is 0 Å². The van der Waals surface area contributed by atoms with Gasteiger partial charge in [0.2, 0.25) is 5.17 Å². The first kappa shape index (κ1) is 22.2. The van der Waals surface area contributed by atoms with Crippen molar-refractivity contribution in [3.8, 4) is 11.5 Å². The summed E-state index contributed by atoms with van der Waals surface area (Å²) >= 11 is 12.9. The zero-order chi connectivity index (χ0) is 21.2. The number of hydrogen-bond donors (Lipinski definition) is 0. The molecule has 0 aromatic heterocycles. The first-order valence-corrected chi connectivity index (χ1v) is 10.2. The van der Waals surface area contributed by atoms with Gasteiger partial charge in [0, 0.05) is 19.4 Å². The van der Waals surface area contributed by atoms with E-state index in [1.54, 1.807) is 13.0 Å². The lowest BCUT2D eigenvalue weighted by atomic mass is 10.2. The molecule has 1 aromatic rings. The van der Waals surface area contributed by atoms with Gasteiger partial charge >= 0.3 is 6.03 Å². The second kappa shape index (κ2) is 8.93. The van der Waals surface area contributed by atoms with E-state index in [0.717, 1.165) is 0 Å². The van der Waals surface area contributed by atoms with Crippen molar-refractivity contribution in [3.63, 3.8) is 0 Å². The Labute approximate surface area is 175 Å². The Bertz CT molecular complexity index is 889. The van der Waals surface area contributed by atoms with Crippen molar-refractivity contribution in [2.75, 3.05) is 39.0 Å². The number of carbonyl (C=O) groups excluding carboxylic acids is 1. The van der Waals surface area contributed by atoms with Gasteiger partial charge in [-0.3, -0.25) is 14.0 Å². The maximum atomic E-state index is 13.1. The second-order valence-corrected chi connectivity index (χ2v) is 7.83. The molecule has 1 aliphatic heterocycles. The first-order valence-electron chi connectivity index (χ1n) is 7.91. The Morgan fingerprint density at radius 3 is 2.21 bits per heavy atom. The Morgan fingerprint density at radius 1 is 1.25 bits per heavy atom. The molecule has 1 aliphatic rings. The van der Waals surface area contributed by atoms with E-state index in [1.807, 2.05) is 0 Å². The van der Waals surface area contributed by atoms with Gasteiger partial charge in [0.15, 0.2) is 0 Å². The predicted molar refractivity (Wildman–Crippen MR) is 114 cm³/mol. The smallest absolute Gasteiger partial charge is 0.330 e. The fourth-order valence-electron chi connectivity index (χ4n) is 2.67. The summed E-state index contributed by atoms with van der Waals surface area (Å²) in [6, 6.07) is 1.11. The molecule has 0 saturated carbocycles. The number of halogens is 2. The predicted octanol–water partition coefficient (Wildman–Crippen LogP) is 3.55. The lowest BCUT2D eigenvalue weighted by molar-refractivity contribution is 0.222. The van der Waals surface area contributed by atoms with E-state index in [1.165, 1.54) is 37.3 Å². The molecule has 11 heteroatoms. The lowest BCUT2D eigenvalue weighted by Gasteiger charge is -2.35. The number of amidine groups is 1. The SMILES string of the molecule is C=NC(=NC1=C(C)CN(c2c(Cl)c(OC)cc(OC)c2Cl)C(=O)N1C)S(C)=O. The van der Waals surface area contributed by atoms with E-state index in [4.69, 9.17) is 32.7 Å². The summed E-state index contributed by atoms with van der Waals surface area (Å²) in [5, 5.41) is 0.386. The number of hydrogen-bond acceptors (Lipinski definition) is 5. The molecule has 0 radical (unpaired) electrons. The highest BCUT2D eigenvalue weighted by Gasteiger charge is 2.34. The number of methoxy groups -OCH3 is 2. The van der Waals surface area contributed by atoms with Crippen molar-refractivity contribution >= 4 is 57.6 Å². The molecule has 0 fully saturated rings. The number of aliphatic imine (C=N–C) groups is 2. The average molecular weight is 447 g/mol. The summed E-state index contributed by atoms with van der Waals surface area (Å²) in [6.07, 6.45) is 1.43. The number of nitrogens with zero attached hydrogens (tertiary/aromatic N) is 4. The third kappa shape index (κ3) is 4.01. The molecular weight excluding hydrogens is 427 g/mol. The molecule has 8 nitrogen and oxygen atoms in total. The third-order valence-corrected chi connectivity index (χ3v) is 5.49. The summed E-state index contributed by atoms with van der Waals surface area (Å²) in [4.78, 5) is 23.7. The summed E-state index contributed by atoms with van der Waals surface area (Å²) in [7, 11) is 3.00. The van der Waals surface area contributed by atoms with E-state index in [-0.39, 0.29) is 27.4 Å². The van der Waals surface area contributed by atoms with Gasteiger partial charge in [-0.2, -0.15) is 0 Å². The molecule has 1 atom stereocenters. The van der Waals surface area contributed by atoms with Crippen LogP contribution in [0.4, 0.5) is 10.5 Å². The van der Waals surface area contributed by atoms with Crippen molar-refractivity contribution in [2.45, 2.75) is 6.92 Å². The van der Waals surface area contributed by atoms with Crippen LogP contribution in [0.25, 0.3) is 0 Å². The van der Waals surface area contributed by atoms with Crippen molar-refractivity contribution in [3.05, 3.63) is 27.5 Å². The van der Waals surface area contributed by atoms with Gasteiger partial charge in [0.1, 0.15) is 27.4 Å². The van der Waals surface area contributed by atoms with Crippen LogP contribution in [0.5, 0.6) is 11.5 Å². The van der Waals surface area contributed by atoms with Crippen LogP contribution in [0.2, 0.25) is 10.0 Å². The van der Waals surface area contributed by atoms with Crippen molar-refractivity contribution in [1.82, 2.24) is 4.90 Å². The van der Waals surface area contributed by atoms with Crippen LogP contribution >= 0.6 is 23.2 Å². The Kier molecular flexibility index (Phi) is 7.08. The number of urea groups is 1. The van der Waals surface area contributed by atoms with Crippen molar-refractivity contribution < 1.29 is 18.5 Å². The van der Waals surface area contributed by atoms with Gasteiger partial charge < -0.3 is 9.47 Å². The number of amides is 2. The minimum Gasteiger partial charge on any atom is -0.495 e. The molecule has 0 spiro atoms. The summed E-state index contributed by atoms with van der Waals surface area (Å²) in [5.74, 6) is 0.970. The van der Waals surface area contributed by atoms with E-state index in [2.05, 4.69) is 16.7 Å². The highest BCUT2D eigenvalue weighted by atomic mass is 35.5. The van der Waals surface area contributed by atoms with Gasteiger partial charge in [-0.1, -0.05) is 23.2 Å². The maximum absolute atomic E-state index is 13.1. The normalized spacial score (nSPS) is 16.4. The monoisotopic (exact) mass is 446 g/mol. The molecule has 1 heterocycles. The zero-order valence-electron chi connectivity index (χ0n) is 16.1. The van der Waals surface area contributed by atoms with Gasteiger partial charge in [0.05, 0.1) is 37.3 Å². The summed E-state index contributed by atoms with van der Waals surface area (Å²) < 4.78 is 22.2. The van der Waals surface area contributed by atoms with Gasteiger partial charge in [-0.05, 0) is 19.2 Å². The number of rotatable bonds is 4. The minimum absolute atomic E-state index is 0.0292. The van der Waals surface area contributed by atoms with Gasteiger partial charge in [0.25, 0.3) is 0 Å². The number of carbonyl (C=O) groups is 1. The largest absolute Gasteiger partial charge is 0.495 e. The molecule has 0 saturated heterocycles. The molecule has 1 unspecified atom stereocenters. The number of benzene rings is 1. The molecule has 0 bridgehead atoms. The Balaban J connectivity index is 2.62. The standard InChI is InChI=1S/C17H20Cl2N4O4S/c1-9-8-23(14-12(18)10(26-4)7-11(27-5)13(14)19)17(24)22(3)15(9)21-16(20-2)28(6)25/h7H,2,8H2,1,3-6H3. The Hall–Kier alpha value is -2.10. The molecule has 0 N–H and O–H groups in total. The van der Waals surface area contributed by atoms with Crippen LogP contribution < -0.4 is 14.4 Å². The molecule has 0 aliphatic carbocycles. The fraction of sp³-hybridized carbons (Fsp3) is 0.353. The van der Waals surface area contributed by atoms with Crippen LogP contribution in [0.1, 0.15) is 6.92 Å². The van der Waals surface area contributed by atoms with E-state index in [9.17, 15) is 9.00 Å². The molecule has 152 valence electrons. The number of anilines is 1. The third-order valence-electron chi connectivity index (χ3n) is 4.03. The van der Waals surface area contributed by atoms with Crippen molar-refractivity contribution in [1.29, 1.82) is 0 Å². The van der Waals surface area contributed by atoms with Crippen LogP contribution in [0, 0.1) is 0 Å². The minimum atomic E-state index is -1.45. The Morgan fingerprint density at radius 2 is 1.79 bits per heavy atom. The number of ether oxygens (including phenoxy) is 2. The molecular formula is C17H20Cl2N4O4S. The average Bonchev–Trinajstić information content (AvgIpc) is 2.65. The molecule has 2 rings (SSSR count). The van der Waals surface area contributed by atoms with E-state index >= 15 is 0 Å². The topological polar surface area (TPSA) is 83.8 Å². The van der Waals surface area contributed by atoms with Gasteiger partial charge in [-0.25, -0.2) is 14.8 Å². The quantitative estimate of drug-likeness (QED) is 0.522. The highest BCUT2D eigenvalue weighted by molar-refractivity contribution is 7.99. The van der Waals surface area contributed by atoms with Crippen LogP contribution in [0.15, 0.2) is 27.4 Å².